The number of aromatic nitrogens is 2. The molecule has 1 aromatic heterocycles. The molecule has 0 saturated heterocycles. The number of halogens is 3. The molecule has 8 heteroatoms. The molecule has 0 unspecified atom stereocenters. The molecule has 2 N–H and O–H groups in total. The third-order valence-corrected chi connectivity index (χ3v) is 6.82. The predicted molar refractivity (Wildman–Crippen MR) is 131 cm³/mol. The molecule has 1 heterocycles. The zero-order valence-corrected chi connectivity index (χ0v) is 19.4. The van der Waals surface area contributed by atoms with Gasteiger partial charge < -0.3 is 15.4 Å². The normalized spacial score (nSPS) is 17.0. The summed E-state index contributed by atoms with van der Waals surface area (Å²) < 4.78 is 47.4. The number of hydrogen-bond acceptors (Lipinski definition) is 5. The van der Waals surface area contributed by atoms with Crippen molar-refractivity contribution < 1.29 is 17.9 Å². The minimum Gasteiger partial charge on any atom is -0.488 e. The molecule has 0 radical (unpaired) electrons. The summed E-state index contributed by atoms with van der Waals surface area (Å²) in [6.07, 6.45) is 5.30. The number of ether oxygens (including phenoxy) is 1. The van der Waals surface area contributed by atoms with Crippen molar-refractivity contribution in [3.05, 3.63) is 65.9 Å². The average molecular weight is 483 g/mol. The monoisotopic (exact) mass is 482 g/mol. The zero-order chi connectivity index (χ0) is 24.3. The van der Waals surface area contributed by atoms with Gasteiger partial charge in [0.1, 0.15) is 17.1 Å². The highest BCUT2D eigenvalue weighted by Crippen LogP contribution is 2.38. The molecular formula is C27H29F3N4O. The first-order valence-electron chi connectivity index (χ1n) is 12.3. The van der Waals surface area contributed by atoms with E-state index in [9.17, 15) is 13.2 Å². The van der Waals surface area contributed by atoms with E-state index in [1.165, 1.54) is 31.2 Å². The lowest BCUT2D eigenvalue weighted by Gasteiger charge is -2.19. The van der Waals surface area contributed by atoms with Crippen molar-refractivity contribution in [1.82, 2.24) is 9.97 Å². The number of nitrogens with one attached hydrogen (secondary N) is 2. The van der Waals surface area contributed by atoms with E-state index in [1.807, 2.05) is 18.2 Å². The van der Waals surface area contributed by atoms with E-state index in [-0.39, 0.29) is 17.9 Å². The molecule has 0 amide bonds. The Morgan fingerprint density at radius 2 is 1.51 bits per heavy atom. The Hall–Kier alpha value is -3.29. The number of nitrogens with zero attached hydrogens (tertiary/aromatic N) is 2. The summed E-state index contributed by atoms with van der Waals surface area (Å²) in [6.45, 7) is 0. The van der Waals surface area contributed by atoms with Gasteiger partial charge in [-0.2, -0.15) is 18.2 Å². The summed E-state index contributed by atoms with van der Waals surface area (Å²) in [4.78, 5) is 8.13. The van der Waals surface area contributed by atoms with Crippen molar-refractivity contribution in [2.24, 2.45) is 0 Å². The van der Waals surface area contributed by atoms with E-state index < -0.39 is 11.7 Å². The number of anilines is 4. The Balaban J connectivity index is 1.38. The molecule has 2 fully saturated rings. The third-order valence-electron chi connectivity index (χ3n) is 6.82. The predicted octanol–water partition coefficient (Wildman–Crippen LogP) is 7.96. The Kier molecular flexibility index (Phi) is 6.79. The van der Waals surface area contributed by atoms with Crippen LogP contribution in [0.25, 0.3) is 0 Å². The maximum Gasteiger partial charge on any atom is 0.421 e. The highest BCUT2D eigenvalue weighted by molar-refractivity contribution is 5.67. The molecule has 35 heavy (non-hydrogen) atoms. The van der Waals surface area contributed by atoms with Gasteiger partial charge in [-0.15, -0.1) is 0 Å². The zero-order valence-electron chi connectivity index (χ0n) is 19.4. The maximum absolute atomic E-state index is 13.8. The standard InChI is InChI=1S/C27H29F3N4O/c28-27(29,30)22-17-31-26(32-20-15-13-19(14-16-20)18-7-1-2-8-18)34-25(22)33-23-11-5-6-12-24(23)35-21-9-3-4-10-21/h5-6,11-18,21H,1-4,7-10H2,(H2,31,32,33,34). The summed E-state index contributed by atoms with van der Waals surface area (Å²) in [7, 11) is 0. The lowest BCUT2D eigenvalue weighted by molar-refractivity contribution is -0.137. The van der Waals surface area contributed by atoms with Gasteiger partial charge in [0.05, 0.1) is 11.8 Å². The molecule has 2 saturated carbocycles. The molecule has 0 bridgehead atoms. The third kappa shape index (κ3) is 5.69. The summed E-state index contributed by atoms with van der Waals surface area (Å²) in [5.41, 5.74) is 1.52. The molecular weight excluding hydrogens is 453 g/mol. The van der Waals surface area contributed by atoms with Crippen LogP contribution in [-0.4, -0.2) is 16.1 Å². The van der Waals surface area contributed by atoms with E-state index in [2.05, 4.69) is 32.7 Å². The SMILES string of the molecule is FC(F)(F)c1cnc(Nc2ccc(C3CCCC3)cc2)nc1Nc1ccccc1OC1CCCC1. The van der Waals surface area contributed by atoms with Crippen molar-refractivity contribution in [1.29, 1.82) is 0 Å². The van der Waals surface area contributed by atoms with E-state index in [0.717, 1.165) is 37.6 Å². The van der Waals surface area contributed by atoms with Gasteiger partial charge in [0.15, 0.2) is 0 Å². The molecule has 0 aliphatic heterocycles. The number of rotatable bonds is 7. The van der Waals surface area contributed by atoms with Crippen molar-refractivity contribution >= 4 is 23.1 Å². The van der Waals surface area contributed by atoms with Gasteiger partial charge in [-0.25, -0.2) is 4.98 Å². The molecule has 0 spiro atoms. The van der Waals surface area contributed by atoms with Crippen LogP contribution in [0.15, 0.2) is 54.7 Å². The van der Waals surface area contributed by atoms with E-state index in [1.54, 1.807) is 18.2 Å². The second-order valence-electron chi connectivity index (χ2n) is 9.33. The van der Waals surface area contributed by atoms with Gasteiger partial charge in [0, 0.05) is 11.9 Å². The highest BCUT2D eigenvalue weighted by atomic mass is 19.4. The van der Waals surface area contributed by atoms with Crippen molar-refractivity contribution in [3.63, 3.8) is 0 Å². The average Bonchev–Trinajstić information content (AvgIpc) is 3.55. The van der Waals surface area contributed by atoms with Crippen LogP contribution in [0.4, 0.5) is 36.3 Å². The summed E-state index contributed by atoms with van der Waals surface area (Å²) in [6, 6.07) is 15.0. The fourth-order valence-corrected chi connectivity index (χ4v) is 4.96. The molecule has 0 atom stereocenters. The van der Waals surface area contributed by atoms with E-state index >= 15 is 0 Å². The van der Waals surface area contributed by atoms with Crippen LogP contribution in [-0.2, 0) is 6.18 Å². The van der Waals surface area contributed by atoms with Gasteiger partial charge in [-0.3, -0.25) is 0 Å². The minimum atomic E-state index is -4.61. The van der Waals surface area contributed by atoms with Crippen LogP contribution in [0, 0.1) is 0 Å². The lowest BCUT2D eigenvalue weighted by Crippen LogP contribution is -2.14. The molecule has 3 aromatic rings. The topological polar surface area (TPSA) is 59.1 Å². The summed E-state index contributed by atoms with van der Waals surface area (Å²) >= 11 is 0. The quantitative estimate of drug-likeness (QED) is 0.358. The number of hydrogen-bond donors (Lipinski definition) is 2. The van der Waals surface area contributed by atoms with Crippen LogP contribution in [0.1, 0.15) is 68.4 Å². The summed E-state index contributed by atoms with van der Waals surface area (Å²) in [5, 5.41) is 5.90. The molecule has 2 aromatic carbocycles. The first-order chi connectivity index (χ1) is 17.0. The highest BCUT2D eigenvalue weighted by Gasteiger charge is 2.35. The minimum absolute atomic E-state index is 0.0786. The van der Waals surface area contributed by atoms with Crippen LogP contribution in [0.5, 0.6) is 5.75 Å². The lowest BCUT2D eigenvalue weighted by atomic mass is 9.98. The Labute approximate surface area is 203 Å². The molecule has 5 nitrogen and oxygen atoms in total. The van der Waals surface area contributed by atoms with Gasteiger partial charge in [-0.05, 0) is 74.3 Å². The fraction of sp³-hybridized carbons (Fsp3) is 0.407. The smallest absolute Gasteiger partial charge is 0.421 e. The van der Waals surface area contributed by atoms with Crippen molar-refractivity contribution in [2.75, 3.05) is 10.6 Å². The van der Waals surface area contributed by atoms with Crippen molar-refractivity contribution in [3.8, 4) is 5.75 Å². The molecule has 5 rings (SSSR count). The molecule has 184 valence electrons. The number of alkyl halides is 3. The van der Waals surface area contributed by atoms with Gasteiger partial charge in [0.25, 0.3) is 0 Å². The molecule has 2 aliphatic rings. The van der Waals surface area contributed by atoms with E-state index in [0.29, 0.717) is 17.4 Å². The largest absolute Gasteiger partial charge is 0.488 e. The van der Waals surface area contributed by atoms with Crippen LogP contribution in [0.2, 0.25) is 0 Å². The van der Waals surface area contributed by atoms with Crippen LogP contribution >= 0.6 is 0 Å². The number of para-hydroxylation sites is 2. The fourth-order valence-electron chi connectivity index (χ4n) is 4.96. The second-order valence-corrected chi connectivity index (χ2v) is 9.33. The number of benzene rings is 2. The first kappa shape index (κ1) is 23.5. The van der Waals surface area contributed by atoms with E-state index in [4.69, 9.17) is 4.74 Å². The summed E-state index contributed by atoms with van der Waals surface area (Å²) in [5.74, 6) is 0.875. The maximum atomic E-state index is 13.8. The van der Waals surface area contributed by atoms with Gasteiger partial charge in [0.2, 0.25) is 5.95 Å². The Morgan fingerprint density at radius 1 is 0.829 bits per heavy atom. The van der Waals surface area contributed by atoms with Gasteiger partial charge >= 0.3 is 6.18 Å². The van der Waals surface area contributed by atoms with Crippen molar-refractivity contribution in [2.45, 2.75) is 69.6 Å². The van der Waals surface area contributed by atoms with Crippen LogP contribution in [0.3, 0.4) is 0 Å². The van der Waals surface area contributed by atoms with Crippen LogP contribution < -0.4 is 15.4 Å². The Bertz CT molecular complexity index is 1140. The second kappa shape index (κ2) is 10.1. The Morgan fingerprint density at radius 3 is 2.23 bits per heavy atom. The molecule has 2 aliphatic carbocycles. The van der Waals surface area contributed by atoms with Gasteiger partial charge in [-0.1, -0.05) is 37.1 Å². The first-order valence-corrected chi connectivity index (χ1v) is 12.3.